The summed E-state index contributed by atoms with van der Waals surface area (Å²) in [6, 6.07) is 6.11. The fraction of sp³-hybridized carbons (Fsp3) is 0.500. The van der Waals surface area contributed by atoms with Gasteiger partial charge in [0.25, 0.3) is 0 Å². The molecule has 0 bridgehead atoms. The summed E-state index contributed by atoms with van der Waals surface area (Å²) in [5, 5.41) is 7.09. The number of piperidine rings is 1. The molecule has 0 spiro atoms. The van der Waals surface area contributed by atoms with E-state index in [9.17, 15) is 4.79 Å². The molecule has 1 N–H and O–H groups in total. The van der Waals surface area contributed by atoms with Crippen molar-refractivity contribution in [2.75, 3.05) is 18.0 Å². The smallest absolute Gasteiger partial charge is 0.220 e. The predicted octanol–water partition coefficient (Wildman–Crippen LogP) is 2.40. The van der Waals surface area contributed by atoms with Gasteiger partial charge in [0.1, 0.15) is 11.6 Å². The van der Waals surface area contributed by atoms with Crippen LogP contribution in [0.2, 0.25) is 0 Å². The first kappa shape index (κ1) is 16.5. The molecule has 2 aromatic heterocycles. The van der Waals surface area contributed by atoms with Gasteiger partial charge in [-0.05, 0) is 45.2 Å². The zero-order chi connectivity index (χ0) is 16.9. The van der Waals surface area contributed by atoms with Crippen LogP contribution in [-0.4, -0.2) is 35.2 Å². The Morgan fingerprint density at radius 3 is 3.00 bits per heavy atom. The fourth-order valence-corrected chi connectivity index (χ4v) is 3.24. The van der Waals surface area contributed by atoms with E-state index in [4.69, 9.17) is 4.52 Å². The lowest BCUT2D eigenvalue weighted by atomic mass is 10.0. The number of carbonyl (C=O) groups is 1. The van der Waals surface area contributed by atoms with Crippen LogP contribution in [0.15, 0.2) is 28.9 Å². The highest BCUT2D eigenvalue weighted by molar-refractivity contribution is 5.76. The van der Waals surface area contributed by atoms with Crippen LogP contribution < -0.4 is 10.2 Å². The molecule has 6 nitrogen and oxygen atoms in total. The van der Waals surface area contributed by atoms with Gasteiger partial charge in [-0.2, -0.15) is 0 Å². The van der Waals surface area contributed by atoms with Crippen LogP contribution in [-0.2, 0) is 11.2 Å². The van der Waals surface area contributed by atoms with E-state index in [1.807, 2.05) is 32.0 Å². The highest BCUT2D eigenvalue weighted by Gasteiger charge is 2.22. The maximum Gasteiger partial charge on any atom is 0.220 e. The van der Waals surface area contributed by atoms with Crippen LogP contribution in [0.1, 0.15) is 36.3 Å². The Labute approximate surface area is 142 Å². The molecule has 0 saturated carbocycles. The third kappa shape index (κ3) is 3.93. The van der Waals surface area contributed by atoms with Crippen LogP contribution in [0.5, 0.6) is 0 Å². The van der Waals surface area contributed by atoms with E-state index in [0.29, 0.717) is 12.8 Å². The maximum atomic E-state index is 12.3. The first-order valence-corrected chi connectivity index (χ1v) is 8.50. The van der Waals surface area contributed by atoms with Gasteiger partial charge in [-0.25, -0.2) is 4.98 Å². The van der Waals surface area contributed by atoms with Crippen LogP contribution in [0.25, 0.3) is 0 Å². The fourth-order valence-electron chi connectivity index (χ4n) is 3.24. The van der Waals surface area contributed by atoms with Gasteiger partial charge in [-0.3, -0.25) is 4.79 Å². The summed E-state index contributed by atoms with van der Waals surface area (Å²) in [7, 11) is 0. The topological polar surface area (TPSA) is 71.3 Å². The number of hydrogen-bond donors (Lipinski definition) is 1. The van der Waals surface area contributed by atoms with E-state index in [1.54, 1.807) is 6.20 Å². The van der Waals surface area contributed by atoms with Crippen molar-refractivity contribution in [3.8, 4) is 0 Å². The third-order valence-electron chi connectivity index (χ3n) is 4.54. The second kappa shape index (κ2) is 7.47. The lowest BCUT2D eigenvalue weighted by Gasteiger charge is -2.34. The molecule has 1 atom stereocenters. The molecule has 1 amide bonds. The minimum Gasteiger partial charge on any atom is -0.361 e. The van der Waals surface area contributed by atoms with Crippen molar-refractivity contribution in [1.29, 1.82) is 0 Å². The molecule has 1 fully saturated rings. The van der Waals surface area contributed by atoms with E-state index in [1.165, 1.54) is 0 Å². The lowest BCUT2D eigenvalue weighted by molar-refractivity contribution is -0.121. The normalized spacial score (nSPS) is 17.8. The van der Waals surface area contributed by atoms with E-state index >= 15 is 0 Å². The van der Waals surface area contributed by atoms with Crippen molar-refractivity contribution in [3.05, 3.63) is 41.4 Å². The van der Waals surface area contributed by atoms with E-state index in [2.05, 4.69) is 20.4 Å². The van der Waals surface area contributed by atoms with Crippen molar-refractivity contribution in [2.24, 2.45) is 0 Å². The molecule has 3 rings (SSSR count). The van der Waals surface area contributed by atoms with Crippen molar-refractivity contribution in [3.63, 3.8) is 0 Å². The Kier molecular flexibility index (Phi) is 5.13. The third-order valence-corrected chi connectivity index (χ3v) is 4.54. The van der Waals surface area contributed by atoms with E-state index in [0.717, 1.165) is 48.8 Å². The number of anilines is 1. The quantitative estimate of drug-likeness (QED) is 0.912. The zero-order valence-electron chi connectivity index (χ0n) is 14.3. The number of aryl methyl sites for hydroxylation is 2. The molecule has 2 aromatic rings. The second-order valence-electron chi connectivity index (χ2n) is 6.34. The zero-order valence-corrected chi connectivity index (χ0v) is 14.3. The highest BCUT2D eigenvalue weighted by atomic mass is 16.5. The molecule has 1 saturated heterocycles. The number of rotatable bonds is 5. The maximum absolute atomic E-state index is 12.3. The first-order valence-electron chi connectivity index (χ1n) is 8.50. The molecule has 0 aromatic carbocycles. The standard InChI is InChI=1S/C18H24N4O2/c1-13-16(14(2)24-21-13)8-9-18(23)20-15-6-5-11-22(12-15)17-7-3-4-10-19-17/h3-4,7,10,15H,5-6,8-9,11-12H2,1-2H3,(H,20,23)/t15-/m0/s1. The van der Waals surface area contributed by atoms with Crippen LogP contribution in [0.4, 0.5) is 5.82 Å². The molecular weight excluding hydrogens is 304 g/mol. The first-order chi connectivity index (χ1) is 11.6. The number of amides is 1. The van der Waals surface area contributed by atoms with Gasteiger partial charge in [-0.1, -0.05) is 11.2 Å². The van der Waals surface area contributed by atoms with E-state index < -0.39 is 0 Å². The molecule has 0 radical (unpaired) electrons. The predicted molar refractivity (Wildman–Crippen MR) is 91.9 cm³/mol. The Bertz CT molecular complexity index is 664. The van der Waals surface area contributed by atoms with Gasteiger partial charge in [0.15, 0.2) is 0 Å². The molecule has 3 heterocycles. The van der Waals surface area contributed by atoms with Crippen molar-refractivity contribution >= 4 is 11.7 Å². The van der Waals surface area contributed by atoms with Crippen molar-refractivity contribution in [1.82, 2.24) is 15.5 Å². The molecule has 6 heteroatoms. The van der Waals surface area contributed by atoms with Gasteiger partial charge in [0, 0.05) is 37.3 Å². The second-order valence-corrected chi connectivity index (χ2v) is 6.34. The average Bonchev–Trinajstić information content (AvgIpc) is 2.92. The molecule has 1 aliphatic heterocycles. The number of nitrogens with one attached hydrogen (secondary N) is 1. The Hall–Kier alpha value is -2.37. The van der Waals surface area contributed by atoms with Gasteiger partial charge in [0.2, 0.25) is 5.91 Å². The van der Waals surface area contributed by atoms with Crippen LogP contribution in [0.3, 0.4) is 0 Å². The minimum atomic E-state index is 0.0860. The van der Waals surface area contributed by atoms with Gasteiger partial charge < -0.3 is 14.7 Å². The molecule has 0 aliphatic carbocycles. The number of hydrogen-bond acceptors (Lipinski definition) is 5. The monoisotopic (exact) mass is 328 g/mol. The summed E-state index contributed by atoms with van der Waals surface area (Å²) in [4.78, 5) is 18.9. The summed E-state index contributed by atoms with van der Waals surface area (Å²) >= 11 is 0. The summed E-state index contributed by atoms with van der Waals surface area (Å²) in [5.74, 6) is 1.87. The van der Waals surface area contributed by atoms with Crippen molar-refractivity contribution in [2.45, 2.75) is 45.6 Å². The number of pyridine rings is 1. The van der Waals surface area contributed by atoms with Crippen LogP contribution >= 0.6 is 0 Å². The molecule has 128 valence electrons. The number of aromatic nitrogens is 2. The van der Waals surface area contributed by atoms with Gasteiger partial charge in [-0.15, -0.1) is 0 Å². The highest BCUT2D eigenvalue weighted by Crippen LogP contribution is 2.18. The summed E-state index contributed by atoms with van der Waals surface area (Å²) < 4.78 is 5.15. The largest absolute Gasteiger partial charge is 0.361 e. The lowest BCUT2D eigenvalue weighted by Crippen LogP contribution is -2.48. The molecule has 1 aliphatic rings. The Morgan fingerprint density at radius 2 is 2.29 bits per heavy atom. The van der Waals surface area contributed by atoms with Crippen LogP contribution in [0, 0.1) is 13.8 Å². The summed E-state index contributed by atoms with van der Waals surface area (Å²) in [6.45, 7) is 5.60. The molecule has 0 unspecified atom stereocenters. The summed E-state index contributed by atoms with van der Waals surface area (Å²) in [6.07, 6.45) is 5.01. The summed E-state index contributed by atoms with van der Waals surface area (Å²) in [5.41, 5.74) is 1.92. The minimum absolute atomic E-state index is 0.0860. The Balaban J connectivity index is 1.51. The average molecular weight is 328 g/mol. The number of nitrogens with zero attached hydrogens (tertiary/aromatic N) is 3. The number of carbonyl (C=O) groups excluding carboxylic acids is 1. The van der Waals surface area contributed by atoms with Crippen molar-refractivity contribution < 1.29 is 9.32 Å². The van der Waals surface area contributed by atoms with E-state index in [-0.39, 0.29) is 11.9 Å². The molecular formula is C18H24N4O2. The van der Waals surface area contributed by atoms with Gasteiger partial charge in [0.05, 0.1) is 5.69 Å². The SMILES string of the molecule is Cc1noc(C)c1CCC(=O)N[C@H]1CCCN(c2ccccn2)C1. The Morgan fingerprint density at radius 1 is 1.42 bits per heavy atom. The van der Waals surface area contributed by atoms with Gasteiger partial charge >= 0.3 is 0 Å². The molecule has 24 heavy (non-hydrogen) atoms.